The second-order valence-corrected chi connectivity index (χ2v) is 6.26. The fourth-order valence-electron chi connectivity index (χ4n) is 3.35. The topological polar surface area (TPSA) is 88.5 Å². The van der Waals surface area contributed by atoms with E-state index in [-0.39, 0.29) is 17.9 Å². The molecular formula is C15H25N5O2. The highest BCUT2D eigenvalue weighted by Gasteiger charge is 2.34. The summed E-state index contributed by atoms with van der Waals surface area (Å²) in [5.41, 5.74) is 6.05. The summed E-state index contributed by atoms with van der Waals surface area (Å²) in [6.07, 6.45) is 3.77. The van der Waals surface area contributed by atoms with Gasteiger partial charge in [0.1, 0.15) is 0 Å². The molecule has 7 nitrogen and oxygen atoms in total. The molecule has 1 aromatic rings. The number of aromatic nitrogens is 2. The molecule has 1 aromatic heterocycles. The van der Waals surface area contributed by atoms with Crippen LogP contribution in [0.3, 0.4) is 0 Å². The Morgan fingerprint density at radius 3 is 2.68 bits per heavy atom. The smallest absolute Gasteiger partial charge is 0.227 e. The normalized spacial score (nSPS) is 26.5. The minimum absolute atomic E-state index is 0.0378. The molecule has 2 unspecified atom stereocenters. The van der Waals surface area contributed by atoms with Crippen molar-refractivity contribution in [1.82, 2.24) is 19.9 Å². The molecule has 7 heteroatoms. The number of amides is 1. The SMILES string of the molecule is CCc1nc(CN2CCN(C(=O)C3CCCC3N)CC2)no1. The molecule has 2 N–H and O–H groups in total. The number of hydrogen-bond donors (Lipinski definition) is 1. The summed E-state index contributed by atoms with van der Waals surface area (Å²) in [6, 6.07) is 0.0531. The van der Waals surface area contributed by atoms with Gasteiger partial charge < -0.3 is 15.2 Å². The molecule has 0 aromatic carbocycles. The van der Waals surface area contributed by atoms with Crippen molar-refractivity contribution < 1.29 is 9.32 Å². The van der Waals surface area contributed by atoms with E-state index in [0.717, 1.165) is 57.7 Å². The van der Waals surface area contributed by atoms with Crippen LogP contribution in [0.5, 0.6) is 0 Å². The van der Waals surface area contributed by atoms with Gasteiger partial charge in [-0.05, 0) is 12.8 Å². The third kappa shape index (κ3) is 3.30. The highest BCUT2D eigenvalue weighted by Crippen LogP contribution is 2.26. The van der Waals surface area contributed by atoms with Crippen LogP contribution in [0, 0.1) is 5.92 Å². The average Bonchev–Trinajstić information content (AvgIpc) is 3.16. The van der Waals surface area contributed by atoms with Gasteiger partial charge in [-0.15, -0.1) is 0 Å². The first kappa shape index (κ1) is 15.4. The van der Waals surface area contributed by atoms with Crippen LogP contribution < -0.4 is 5.73 Å². The standard InChI is InChI=1S/C15H25N5O2/c1-2-14-17-13(18-22-14)10-19-6-8-20(9-7-19)15(21)11-4-3-5-12(11)16/h11-12H,2-10,16H2,1H3. The quantitative estimate of drug-likeness (QED) is 0.866. The van der Waals surface area contributed by atoms with Crippen molar-refractivity contribution in [3.63, 3.8) is 0 Å². The van der Waals surface area contributed by atoms with Crippen LogP contribution in [0.25, 0.3) is 0 Å². The van der Waals surface area contributed by atoms with Gasteiger partial charge in [0.15, 0.2) is 5.82 Å². The van der Waals surface area contributed by atoms with E-state index in [2.05, 4.69) is 15.0 Å². The van der Waals surface area contributed by atoms with Gasteiger partial charge in [0.05, 0.1) is 12.5 Å². The summed E-state index contributed by atoms with van der Waals surface area (Å²) < 4.78 is 5.13. The van der Waals surface area contributed by atoms with Crippen LogP contribution in [0.1, 0.15) is 37.9 Å². The maximum absolute atomic E-state index is 12.5. The monoisotopic (exact) mass is 307 g/mol. The molecule has 22 heavy (non-hydrogen) atoms. The molecule has 2 heterocycles. The summed E-state index contributed by atoms with van der Waals surface area (Å²) in [5, 5.41) is 3.98. The maximum atomic E-state index is 12.5. The maximum Gasteiger partial charge on any atom is 0.227 e. The molecule has 2 aliphatic rings. The first-order valence-electron chi connectivity index (χ1n) is 8.25. The van der Waals surface area contributed by atoms with Crippen molar-refractivity contribution in [1.29, 1.82) is 0 Å². The van der Waals surface area contributed by atoms with Crippen molar-refractivity contribution in [2.24, 2.45) is 11.7 Å². The Bertz CT molecular complexity index is 510. The minimum atomic E-state index is 0.0378. The van der Waals surface area contributed by atoms with Crippen LogP contribution in [0.15, 0.2) is 4.52 Å². The highest BCUT2D eigenvalue weighted by atomic mass is 16.5. The number of carbonyl (C=O) groups excluding carboxylic acids is 1. The van der Waals surface area contributed by atoms with Crippen molar-refractivity contribution >= 4 is 5.91 Å². The first-order valence-corrected chi connectivity index (χ1v) is 8.25. The molecule has 1 saturated carbocycles. The predicted octanol–water partition coefficient (Wildman–Crippen LogP) is 0.404. The van der Waals surface area contributed by atoms with Crippen LogP contribution in [-0.2, 0) is 17.8 Å². The highest BCUT2D eigenvalue weighted by molar-refractivity contribution is 5.80. The molecule has 1 aliphatic carbocycles. The molecule has 2 fully saturated rings. The van der Waals surface area contributed by atoms with Gasteiger partial charge in [0.25, 0.3) is 0 Å². The number of carbonyl (C=O) groups is 1. The lowest BCUT2D eigenvalue weighted by atomic mass is 10.0. The lowest BCUT2D eigenvalue weighted by Crippen LogP contribution is -2.51. The van der Waals surface area contributed by atoms with Crippen LogP contribution in [0.4, 0.5) is 0 Å². The Morgan fingerprint density at radius 1 is 1.32 bits per heavy atom. The zero-order valence-electron chi connectivity index (χ0n) is 13.2. The van der Waals surface area contributed by atoms with Crippen LogP contribution in [0.2, 0.25) is 0 Å². The molecule has 1 aliphatic heterocycles. The molecular weight excluding hydrogens is 282 g/mol. The van der Waals surface area contributed by atoms with Gasteiger partial charge in [-0.25, -0.2) is 0 Å². The summed E-state index contributed by atoms with van der Waals surface area (Å²) in [6.45, 7) is 5.92. The number of nitrogens with two attached hydrogens (primary N) is 1. The summed E-state index contributed by atoms with van der Waals surface area (Å²) in [4.78, 5) is 21.1. The van der Waals surface area contributed by atoms with E-state index in [0.29, 0.717) is 12.4 Å². The molecule has 0 radical (unpaired) electrons. The van der Waals surface area contributed by atoms with E-state index in [1.807, 2.05) is 11.8 Å². The second-order valence-electron chi connectivity index (χ2n) is 6.26. The van der Waals surface area contributed by atoms with Crippen molar-refractivity contribution in [3.05, 3.63) is 11.7 Å². The van der Waals surface area contributed by atoms with E-state index in [1.165, 1.54) is 0 Å². The molecule has 1 amide bonds. The van der Waals surface area contributed by atoms with Gasteiger partial charge in [0, 0.05) is 38.6 Å². The zero-order chi connectivity index (χ0) is 15.5. The van der Waals surface area contributed by atoms with Gasteiger partial charge in [-0.1, -0.05) is 18.5 Å². The zero-order valence-corrected chi connectivity index (χ0v) is 13.2. The number of hydrogen-bond acceptors (Lipinski definition) is 6. The number of aryl methyl sites for hydroxylation is 1. The van der Waals surface area contributed by atoms with Gasteiger partial charge in [-0.2, -0.15) is 4.98 Å². The van der Waals surface area contributed by atoms with E-state index < -0.39 is 0 Å². The van der Waals surface area contributed by atoms with Crippen molar-refractivity contribution in [3.8, 4) is 0 Å². The molecule has 122 valence electrons. The number of piperazine rings is 1. The van der Waals surface area contributed by atoms with Gasteiger partial charge in [0.2, 0.25) is 11.8 Å². The summed E-state index contributed by atoms with van der Waals surface area (Å²) >= 11 is 0. The fourth-order valence-corrected chi connectivity index (χ4v) is 3.35. The van der Waals surface area contributed by atoms with E-state index in [1.54, 1.807) is 0 Å². The van der Waals surface area contributed by atoms with E-state index >= 15 is 0 Å². The van der Waals surface area contributed by atoms with E-state index in [9.17, 15) is 4.79 Å². The van der Waals surface area contributed by atoms with Gasteiger partial charge in [-0.3, -0.25) is 9.69 Å². The summed E-state index contributed by atoms with van der Waals surface area (Å²) in [7, 11) is 0. The molecule has 1 saturated heterocycles. The lowest BCUT2D eigenvalue weighted by molar-refractivity contribution is -0.137. The third-order valence-corrected chi connectivity index (χ3v) is 4.75. The Kier molecular flexibility index (Phi) is 4.73. The molecule has 0 bridgehead atoms. The Hall–Kier alpha value is -1.47. The largest absolute Gasteiger partial charge is 0.340 e. The Balaban J connectivity index is 1.48. The first-order chi connectivity index (χ1) is 10.7. The third-order valence-electron chi connectivity index (χ3n) is 4.75. The fraction of sp³-hybridized carbons (Fsp3) is 0.800. The van der Waals surface area contributed by atoms with Gasteiger partial charge >= 0.3 is 0 Å². The average molecular weight is 307 g/mol. The lowest BCUT2D eigenvalue weighted by Gasteiger charge is -2.36. The molecule has 2 atom stereocenters. The van der Waals surface area contributed by atoms with E-state index in [4.69, 9.17) is 10.3 Å². The van der Waals surface area contributed by atoms with Crippen LogP contribution >= 0.6 is 0 Å². The van der Waals surface area contributed by atoms with Crippen molar-refractivity contribution in [2.75, 3.05) is 26.2 Å². The summed E-state index contributed by atoms with van der Waals surface area (Å²) in [5.74, 6) is 1.70. The number of nitrogens with zero attached hydrogens (tertiary/aromatic N) is 4. The molecule has 3 rings (SSSR count). The Labute approximate surface area is 130 Å². The predicted molar refractivity (Wildman–Crippen MR) is 80.8 cm³/mol. The van der Waals surface area contributed by atoms with Crippen molar-refractivity contribution in [2.45, 2.75) is 45.2 Å². The Morgan fingerprint density at radius 2 is 2.09 bits per heavy atom. The van der Waals surface area contributed by atoms with Crippen LogP contribution in [-0.4, -0.2) is 58.1 Å². The molecule has 0 spiro atoms. The minimum Gasteiger partial charge on any atom is -0.340 e. The second kappa shape index (κ2) is 6.75. The number of rotatable bonds is 4.